The Morgan fingerprint density at radius 3 is 2.44 bits per heavy atom. The highest BCUT2D eigenvalue weighted by molar-refractivity contribution is 6.00. The van der Waals surface area contributed by atoms with Crippen molar-refractivity contribution in [2.45, 2.75) is 44.8 Å². The minimum atomic E-state index is -0.885. The van der Waals surface area contributed by atoms with E-state index in [1.807, 2.05) is 0 Å². The first-order chi connectivity index (χ1) is 11.7. The van der Waals surface area contributed by atoms with Crippen LogP contribution in [0, 0.1) is 0 Å². The number of carbonyl (C=O) groups excluding carboxylic acids is 1. The van der Waals surface area contributed by atoms with Gasteiger partial charge in [0, 0.05) is 5.56 Å². The minimum absolute atomic E-state index is 0.0520. The summed E-state index contributed by atoms with van der Waals surface area (Å²) in [7, 11) is 0. The van der Waals surface area contributed by atoms with Gasteiger partial charge in [-0.2, -0.15) is 0 Å². The molecular weight excluding hydrogens is 320 g/mol. The van der Waals surface area contributed by atoms with Crippen LogP contribution in [0.4, 0.5) is 0 Å². The second-order valence-corrected chi connectivity index (χ2v) is 7.08. The van der Waals surface area contributed by atoms with E-state index in [9.17, 15) is 20.1 Å². The van der Waals surface area contributed by atoms with Crippen molar-refractivity contribution in [3.63, 3.8) is 0 Å². The first kappa shape index (κ1) is 17.3. The molecule has 0 radical (unpaired) electrons. The number of phenolic OH excluding ortho intramolecular Hbond substituents is 2. The molecule has 0 bridgehead atoms. The summed E-state index contributed by atoms with van der Waals surface area (Å²) in [5.74, 6) is 0.541. The van der Waals surface area contributed by atoms with Gasteiger partial charge in [-0.1, -0.05) is 12.1 Å². The second kappa shape index (κ2) is 6.41. The van der Waals surface area contributed by atoms with Crippen molar-refractivity contribution in [1.82, 2.24) is 0 Å². The number of aliphatic hydroxyl groups is 1. The Balaban J connectivity index is 1.96. The summed E-state index contributed by atoms with van der Waals surface area (Å²) in [6.45, 7) is 3.40. The van der Waals surface area contributed by atoms with Crippen molar-refractivity contribution in [3.05, 3.63) is 53.1 Å². The Bertz CT molecular complexity index is 787. The summed E-state index contributed by atoms with van der Waals surface area (Å²) in [6, 6.07) is 9.62. The molecule has 0 saturated heterocycles. The standard InChI is InChI=1S/C20H22O5/c1-20(2,24)10-9-15-16(22)8-7-14-17(23)11-18(25-19(14)15)12-3-5-13(21)6-4-12/h3-8,18,21-22,24H,9-11H2,1-2H3/t18-/m1/s1. The van der Waals surface area contributed by atoms with Crippen molar-refractivity contribution in [1.29, 1.82) is 0 Å². The molecule has 0 saturated carbocycles. The van der Waals surface area contributed by atoms with Crippen molar-refractivity contribution >= 4 is 5.78 Å². The fourth-order valence-electron chi connectivity index (χ4n) is 2.98. The molecule has 25 heavy (non-hydrogen) atoms. The van der Waals surface area contributed by atoms with Gasteiger partial charge in [-0.05, 0) is 56.5 Å². The summed E-state index contributed by atoms with van der Waals surface area (Å²) >= 11 is 0. The molecule has 132 valence electrons. The van der Waals surface area contributed by atoms with E-state index in [1.54, 1.807) is 44.2 Å². The fourth-order valence-corrected chi connectivity index (χ4v) is 2.98. The zero-order valence-electron chi connectivity index (χ0n) is 14.3. The maximum absolute atomic E-state index is 12.5. The van der Waals surface area contributed by atoms with Crippen LogP contribution in [0.25, 0.3) is 0 Å². The lowest BCUT2D eigenvalue weighted by atomic mass is 9.91. The summed E-state index contributed by atoms with van der Waals surface area (Å²) in [4.78, 5) is 12.5. The fraction of sp³-hybridized carbons (Fsp3) is 0.350. The highest BCUT2D eigenvalue weighted by atomic mass is 16.5. The average molecular weight is 342 g/mol. The smallest absolute Gasteiger partial charge is 0.170 e. The van der Waals surface area contributed by atoms with E-state index in [2.05, 4.69) is 0 Å². The van der Waals surface area contributed by atoms with E-state index >= 15 is 0 Å². The van der Waals surface area contributed by atoms with Crippen LogP contribution in [0.2, 0.25) is 0 Å². The molecule has 0 aromatic heterocycles. The predicted molar refractivity (Wildman–Crippen MR) is 93.1 cm³/mol. The maximum atomic E-state index is 12.5. The molecule has 2 aromatic rings. The molecule has 0 fully saturated rings. The Hall–Kier alpha value is -2.53. The Morgan fingerprint density at radius 1 is 1.12 bits per heavy atom. The zero-order valence-corrected chi connectivity index (χ0v) is 14.3. The minimum Gasteiger partial charge on any atom is -0.508 e. The number of fused-ring (bicyclic) bond motifs is 1. The van der Waals surface area contributed by atoms with Crippen LogP contribution >= 0.6 is 0 Å². The van der Waals surface area contributed by atoms with Crippen molar-refractivity contribution in [2.75, 3.05) is 0 Å². The topological polar surface area (TPSA) is 87.0 Å². The molecule has 2 aromatic carbocycles. The summed E-state index contributed by atoms with van der Waals surface area (Å²) in [6.07, 6.45) is 0.559. The number of rotatable bonds is 4. The quantitative estimate of drug-likeness (QED) is 0.791. The zero-order chi connectivity index (χ0) is 18.2. The molecule has 1 atom stereocenters. The van der Waals surface area contributed by atoms with E-state index in [-0.39, 0.29) is 23.7 Å². The molecule has 3 N–H and O–H groups in total. The van der Waals surface area contributed by atoms with Crippen molar-refractivity contribution in [2.24, 2.45) is 0 Å². The lowest BCUT2D eigenvalue weighted by molar-refractivity contribution is 0.0706. The summed E-state index contributed by atoms with van der Waals surface area (Å²) < 4.78 is 6.06. The lowest BCUT2D eigenvalue weighted by Gasteiger charge is -2.28. The molecule has 1 aliphatic heterocycles. The number of aromatic hydroxyl groups is 2. The number of Topliss-reactive ketones (excluding diaryl/α,β-unsaturated/α-hetero) is 1. The monoisotopic (exact) mass is 342 g/mol. The van der Waals surface area contributed by atoms with Crippen LogP contribution in [0.3, 0.4) is 0 Å². The van der Waals surface area contributed by atoms with E-state index in [0.29, 0.717) is 29.7 Å². The highest BCUT2D eigenvalue weighted by Gasteiger charge is 2.31. The van der Waals surface area contributed by atoms with Gasteiger partial charge in [0.15, 0.2) is 5.78 Å². The number of ether oxygens (including phenoxy) is 1. The summed E-state index contributed by atoms with van der Waals surface area (Å²) in [5.41, 5.74) is 0.896. The van der Waals surface area contributed by atoms with E-state index in [4.69, 9.17) is 4.74 Å². The van der Waals surface area contributed by atoms with Crippen molar-refractivity contribution in [3.8, 4) is 17.2 Å². The molecule has 1 heterocycles. The number of hydrogen-bond donors (Lipinski definition) is 3. The number of carbonyl (C=O) groups is 1. The van der Waals surface area contributed by atoms with Gasteiger partial charge >= 0.3 is 0 Å². The number of hydrogen-bond acceptors (Lipinski definition) is 5. The predicted octanol–water partition coefficient (Wildman–Crippen LogP) is 3.51. The van der Waals surface area contributed by atoms with Gasteiger partial charge in [0.05, 0.1) is 17.6 Å². The molecule has 5 nitrogen and oxygen atoms in total. The van der Waals surface area contributed by atoms with Crippen LogP contribution in [-0.2, 0) is 6.42 Å². The normalized spacial score (nSPS) is 17.1. The first-order valence-electron chi connectivity index (χ1n) is 8.30. The molecule has 0 amide bonds. The molecule has 0 aliphatic carbocycles. The third-order valence-electron chi connectivity index (χ3n) is 4.42. The Labute approximate surface area is 146 Å². The van der Waals surface area contributed by atoms with Gasteiger partial charge in [-0.3, -0.25) is 4.79 Å². The molecular formula is C20H22O5. The van der Waals surface area contributed by atoms with Crippen LogP contribution in [-0.4, -0.2) is 26.7 Å². The van der Waals surface area contributed by atoms with E-state index < -0.39 is 11.7 Å². The van der Waals surface area contributed by atoms with Gasteiger partial charge in [-0.15, -0.1) is 0 Å². The average Bonchev–Trinajstić information content (AvgIpc) is 2.53. The summed E-state index contributed by atoms with van der Waals surface area (Å²) in [5, 5.41) is 29.6. The van der Waals surface area contributed by atoms with Crippen LogP contribution < -0.4 is 4.74 Å². The number of phenols is 2. The van der Waals surface area contributed by atoms with Gasteiger partial charge in [-0.25, -0.2) is 0 Å². The largest absolute Gasteiger partial charge is 0.508 e. The van der Waals surface area contributed by atoms with Gasteiger partial charge in [0.2, 0.25) is 0 Å². The molecule has 5 heteroatoms. The van der Waals surface area contributed by atoms with Gasteiger partial charge in [0.1, 0.15) is 23.4 Å². The van der Waals surface area contributed by atoms with Crippen LogP contribution in [0.15, 0.2) is 36.4 Å². The number of ketones is 1. The second-order valence-electron chi connectivity index (χ2n) is 7.08. The Morgan fingerprint density at radius 2 is 1.80 bits per heavy atom. The number of benzene rings is 2. The van der Waals surface area contributed by atoms with E-state index in [0.717, 1.165) is 5.56 Å². The molecule has 1 aliphatic rings. The van der Waals surface area contributed by atoms with Crippen molar-refractivity contribution < 1.29 is 24.9 Å². The Kier molecular flexibility index (Phi) is 4.43. The molecule has 0 unspecified atom stereocenters. The van der Waals surface area contributed by atoms with Gasteiger partial charge < -0.3 is 20.1 Å². The van der Waals surface area contributed by atoms with Crippen LogP contribution in [0.5, 0.6) is 17.2 Å². The molecule has 3 rings (SSSR count). The van der Waals surface area contributed by atoms with Crippen LogP contribution in [0.1, 0.15) is 54.3 Å². The third-order valence-corrected chi connectivity index (χ3v) is 4.42. The molecule has 0 spiro atoms. The van der Waals surface area contributed by atoms with E-state index in [1.165, 1.54) is 6.07 Å². The SMILES string of the molecule is CC(C)(O)CCc1c(O)ccc2c1O[C@@H](c1ccc(O)cc1)CC2=O. The lowest BCUT2D eigenvalue weighted by Crippen LogP contribution is -2.23. The van der Waals surface area contributed by atoms with Gasteiger partial charge in [0.25, 0.3) is 0 Å². The highest BCUT2D eigenvalue weighted by Crippen LogP contribution is 2.41. The first-order valence-corrected chi connectivity index (χ1v) is 8.30. The maximum Gasteiger partial charge on any atom is 0.170 e. The third kappa shape index (κ3) is 3.77.